The number of anilines is 9. The molecule has 0 unspecified atom stereocenters. The van der Waals surface area contributed by atoms with Crippen LogP contribution in [0.25, 0.3) is 72.0 Å². The maximum absolute atomic E-state index is 9.48. The number of fused-ring (bicyclic) bond motifs is 7. The summed E-state index contributed by atoms with van der Waals surface area (Å²) in [6.07, 6.45) is 0. The van der Waals surface area contributed by atoms with Gasteiger partial charge in [0.2, 0.25) is 0 Å². The maximum Gasteiger partial charge on any atom is 0.252 e. The number of benzene rings is 13. The molecule has 0 amide bonds. The van der Waals surface area contributed by atoms with Crippen molar-refractivity contribution in [3.8, 4) is 50.2 Å². The fourth-order valence-electron chi connectivity index (χ4n) is 14.0. The largest absolute Gasteiger partial charge is 0.311 e. The van der Waals surface area contributed by atoms with E-state index in [1.165, 1.54) is 5.56 Å². The molecule has 0 N–H and O–H groups in total. The van der Waals surface area contributed by atoms with Crippen molar-refractivity contribution >= 4 is 96.1 Å². The van der Waals surface area contributed by atoms with Crippen LogP contribution in [0.4, 0.5) is 51.2 Å². The topological polar surface area (TPSA) is 14.7 Å². The Morgan fingerprint density at radius 2 is 0.846 bits per heavy atom. The fourth-order valence-corrected chi connectivity index (χ4v) is 14.0. The summed E-state index contributed by atoms with van der Waals surface area (Å²) in [6, 6.07) is 99.0. The molecule has 16 rings (SSSR count). The summed E-state index contributed by atoms with van der Waals surface area (Å²) < 4.78 is 48.1. The summed E-state index contributed by atoms with van der Waals surface area (Å²) in [5, 5.41) is 2.27. The highest BCUT2D eigenvalue weighted by atomic mass is 15.2. The molecule has 13 aromatic carbocycles. The summed E-state index contributed by atoms with van der Waals surface area (Å²) in [7, 11) is 0. The molecule has 0 aliphatic carbocycles. The van der Waals surface area contributed by atoms with Crippen molar-refractivity contribution in [3.05, 3.63) is 320 Å². The van der Waals surface area contributed by atoms with E-state index in [0.29, 0.717) is 5.56 Å². The zero-order chi connectivity index (χ0) is 65.9. The van der Waals surface area contributed by atoms with Gasteiger partial charge in [0.1, 0.15) is 0 Å². The SMILES string of the molecule is [2H]c1c([2H])c([2H])c(-c2ccc3c(c2)N(c2c(-c4ccccc4)cc(C(C)(C)C)cc2-c2ccccc2)c2cc(C(C)(C)C)cc4c2B3c2ccc(-n3c5ccccc5c5cc(N(c6ccccc6)c6ccccc6)ccc53)cc2N4c2cccc(-c3ccccc3)c2)c([2H])c1[2H]. The highest BCUT2D eigenvalue weighted by Crippen LogP contribution is 2.53. The Morgan fingerprint density at radius 3 is 1.46 bits per heavy atom. The molecule has 0 spiro atoms. The van der Waals surface area contributed by atoms with E-state index in [1.54, 1.807) is 0 Å². The molecule has 5 heteroatoms. The van der Waals surface area contributed by atoms with Crippen molar-refractivity contribution in [3.63, 3.8) is 0 Å². The van der Waals surface area contributed by atoms with E-state index in [-0.39, 0.29) is 47.3 Å². The third-order valence-corrected chi connectivity index (χ3v) is 18.5. The molecule has 91 heavy (non-hydrogen) atoms. The molecule has 4 nitrogen and oxygen atoms in total. The van der Waals surface area contributed by atoms with Gasteiger partial charge in [0.25, 0.3) is 6.71 Å². The molecule has 0 fully saturated rings. The van der Waals surface area contributed by atoms with Gasteiger partial charge >= 0.3 is 0 Å². The van der Waals surface area contributed by atoms with Gasteiger partial charge in [-0.15, -0.1) is 0 Å². The monoisotopic (exact) mass is 1170 g/mol. The number of rotatable bonds is 10. The van der Waals surface area contributed by atoms with Gasteiger partial charge in [0, 0.05) is 73.1 Å². The minimum atomic E-state index is -0.427. The lowest BCUT2D eigenvalue weighted by atomic mass is 9.33. The quantitative estimate of drug-likeness (QED) is 0.127. The first-order chi connectivity index (χ1) is 46.5. The lowest BCUT2D eigenvalue weighted by molar-refractivity contribution is 0.590. The van der Waals surface area contributed by atoms with Gasteiger partial charge in [0.05, 0.1) is 23.6 Å². The number of aromatic nitrogens is 1. The summed E-state index contributed by atoms with van der Waals surface area (Å²) in [4.78, 5) is 7.31. The van der Waals surface area contributed by atoms with Crippen molar-refractivity contribution < 1.29 is 6.85 Å². The third-order valence-electron chi connectivity index (χ3n) is 18.5. The van der Waals surface area contributed by atoms with Crippen LogP contribution >= 0.6 is 0 Å². The Morgan fingerprint density at radius 1 is 0.341 bits per heavy atom. The van der Waals surface area contributed by atoms with E-state index >= 15 is 0 Å². The molecule has 14 aromatic rings. The van der Waals surface area contributed by atoms with Gasteiger partial charge in [-0.25, -0.2) is 0 Å². The van der Waals surface area contributed by atoms with Crippen LogP contribution in [0.3, 0.4) is 0 Å². The summed E-state index contributed by atoms with van der Waals surface area (Å²) in [6.45, 7) is 13.3. The Balaban J connectivity index is 1.02. The Labute approximate surface area is 542 Å². The highest BCUT2D eigenvalue weighted by Gasteiger charge is 2.45. The Kier molecular flexibility index (Phi) is 12.1. The number of hydrogen-bond acceptors (Lipinski definition) is 3. The summed E-state index contributed by atoms with van der Waals surface area (Å²) >= 11 is 0. The molecular formula is C86H69BN4. The van der Waals surface area contributed by atoms with E-state index < -0.39 is 6.04 Å². The zero-order valence-electron chi connectivity index (χ0n) is 56.9. The lowest BCUT2D eigenvalue weighted by Gasteiger charge is -2.46. The second-order valence-corrected chi connectivity index (χ2v) is 26.2. The number of para-hydroxylation sites is 3. The average molecular weight is 1170 g/mol. The average Bonchev–Trinajstić information content (AvgIpc) is 0.726. The molecule has 3 heterocycles. The van der Waals surface area contributed by atoms with Crippen LogP contribution in [0, 0.1) is 0 Å². The molecule has 0 radical (unpaired) electrons. The summed E-state index contributed by atoms with van der Waals surface area (Å²) in [5.74, 6) is 0. The first-order valence-corrected chi connectivity index (χ1v) is 31.5. The van der Waals surface area contributed by atoms with Crippen LogP contribution in [0.15, 0.2) is 309 Å². The molecule has 2 aliphatic rings. The van der Waals surface area contributed by atoms with E-state index in [1.807, 2.05) is 6.07 Å². The second-order valence-electron chi connectivity index (χ2n) is 26.2. The normalized spacial score (nSPS) is 13.4. The van der Waals surface area contributed by atoms with Gasteiger partial charge in [-0.3, -0.25) is 0 Å². The van der Waals surface area contributed by atoms with Gasteiger partial charge in [0.15, 0.2) is 0 Å². The minimum Gasteiger partial charge on any atom is -0.311 e. The third kappa shape index (κ3) is 9.63. The molecule has 0 saturated carbocycles. The van der Waals surface area contributed by atoms with Crippen molar-refractivity contribution in [1.82, 2.24) is 4.57 Å². The number of nitrogens with zero attached hydrogens (tertiary/aromatic N) is 4. The van der Waals surface area contributed by atoms with Crippen LogP contribution in [-0.4, -0.2) is 11.3 Å². The maximum atomic E-state index is 9.48. The predicted octanol–water partition coefficient (Wildman–Crippen LogP) is 21.6. The van der Waals surface area contributed by atoms with Gasteiger partial charge in [-0.2, -0.15) is 0 Å². The molecule has 1 aromatic heterocycles. The predicted molar refractivity (Wildman–Crippen MR) is 389 cm³/mol. The first kappa shape index (κ1) is 50.0. The highest BCUT2D eigenvalue weighted by molar-refractivity contribution is 7.00. The number of hydrogen-bond donors (Lipinski definition) is 0. The molecule has 0 bridgehead atoms. The molecule has 0 saturated heterocycles. The van der Waals surface area contributed by atoms with E-state index in [4.69, 9.17) is 4.11 Å². The van der Waals surface area contributed by atoms with Crippen LogP contribution in [0.2, 0.25) is 0 Å². The van der Waals surface area contributed by atoms with Gasteiger partial charge in [-0.1, -0.05) is 248 Å². The van der Waals surface area contributed by atoms with Gasteiger partial charge in [-0.05, 0) is 175 Å². The van der Waals surface area contributed by atoms with Crippen molar-refractivity contribution in [1.29, 1.82) is 0 Å². The van der Waals surface area contributed by atoms with E-state index in [2.05, 4.69) is 334 Å². The zero-order valence-corrected chi connectivity index (χ0v) is 51.9. The molecule has 2 aliphatic heterocycles. The Hall–Kier alpha value is -10.9. The standard InChI is InChI=1S/C86H69BN4/c1-85(2,3)64-52-72(60-32-17-9-18-33-60)84(73(53-64)61-34-19-10-20-35-61)91-79-51-63(59-30-15-8-16-31-59)44-47-75(79)87-76-48-45-70(57-80(76)90(81-54-65(86(4,5)6)55-82(91)83(81)87)68-41-27-36-62(50-68)58-28-13-7-14-29-58)89-77-43-26-25-42-71(77)74-56-69(46-49-78(74)89)88(66-37-21-11-22-38-66)67-39-23-12-24-40-67/h7-57H,1-6H3/i8D,15D,16D,30D,31D. The van der Waals surface area contributed by atoms with Crippen LogP contribution in [-0.2, 0) is 10.8 Å². The van der Waals surface area contributed by atoms with Crippen molar-refractivity contribution in [2.45, 2.75) is 52.4 Å². The summed E-state index contributed by atoms with van der Waals surface area (Å²) in [5.41, 5.74) is 24.2. The van der Waals surface area contributed by atoms with Crippen LogP contribution in [0.5, 0.6) is 0 Å². The van der Waals surface area contributed by atoms with Crippen molar-refractivity contribution in [2.24, 2.45) is 0 Å². The Bertz CT molecular complexity index is 5260. The van der Waals surface area contributed by atoms with Crippen LogP contribution in [0.1, 0.15) is 59.5 Å². The van der Waals surface area contributed by atoms with E-state index in [0.717, 1.165) is 134 Å². The van der Waals surface area contributed by atoms with Gasteiger partial charge < -0.3 is 19.3 Å². The minimum absolute atomic E-state index is 0.151. The molecule has 0 atom stereocenters. The van der Waals surface area contributed by atoms with E-state index in [9.17, 15) is 2.74 Å². The van der Waals surface area contributed by atoms with Crippen molar-refractivity contribution in [2.75, 3.05) is 14.7 Å². The second kappa shape index (κ2) is 22.0. The fraction of sp³-hybridized carbons (Fsp3) is 0.0930. The smallest absolute Gasteiger partial charge is 0.252 e. The molecule has 436 valence electrons. The molecular weight excluding hydrogens is 1100 g/mol. The first-order valence-electron chi connectivity index (χ1n) is 34.0. The van der Waals surface area contributed by atoms with Crippen LogP contribution < -0.4 is 31.1 Å². The lowest BCUT2D eigenvalue weighted by Crippen LogP contribution is -2.61.